The molecule has 0 aliphatic carbocycles. The molecule has 0 aliphatic heterocycles. The summed E-state index contributed by atoms with van der Waals surface area (Å²) in [5.41, 5.74) is 2.41. The second kappa shape index (κ2) is 7.07. The minimum absolute atomic E-state index is 0.123. The van der Waals surface area contributed by atoms with E-state index in [1.165, 1.54) is 0 Å². The van der Waals surface area contributed by atoms with Crippen molar-refractivity contribution in [2.45, 2.75) is 33.7 Å². The van der Waals surface area contributed by atoms with E-state index in [2.05, 4.69) is 22.5 Å². The molecule has 1 heterocycles. The average molecular weight is 287 g/mol. The van der Waals surface area contributed by atoms with Crippen LogP contribution in [-0.4, -0.2) is 11.5 Å². The van der Waals surface area contributed by atoms with Crippen LogP contribution in [0.3, 0.4) is 0 Å². The minimum Gasteiger partial charge on any atom is -0.370 e. The molecule has 3 nitrogen and oxygen atoms in total. The van der Waals surface area contributed by atoms with Crippen molar-refractivity contribution in [2.75, 3.05) is 17.2 Å². The summed E-state index contributed by atoms with van der Waals surface area (Å²) in [6.07, 6.45) is 1.06. The van der Waals surface area contributed by atoms with E-state index < -0.39 is 0 Å². The molecule has 0 bridgehead atoms. The van der Waals surface area contributed by atoms with E-state index in [0.717, 1.165) is 30.2 Å². The molecule has 0 spiro atoms. The van der Waals surface area contributed by atoms with Crippen LogP contribution < -0.4 is 10.6 Å². The normalized spacial score (nSPS) is 10.5. The molecule has 0 saturated heterocycles. The molecule has 0 aliphatic rings. The molecule has 4 heteroatoms. The maximum atomic E-state index is 13.6. The molecule has 0 fully saturated rings. The van der Waals surface area contributed by atoms with Gasteiger partial charge in [0.05, 0.1) is 0 Å². The monoisotopic (exact) mass is 287 g/mol. The summed E-state index contributed by atoms with van der Waals surface area (Å²) in [6.45, 7) is 7.24. The van der Waals surface area contributed by atoms with Crippen LogP contribution >= 0.6 is 0 Å². The van der Waals surface area contributed by atoms with Crippen LogP contribution in [0.5, 0.6) is 0 Å². The Morgan fingerprint density at radius 3 is 2.29 bits per heavy atom. The lowest BCUT2D eigenvalue weighted by Gasteiger charge is -2.10. The Balaban J connectivity index is 2.03. The van der Waals surface area contributed by atoms with Crippen molar-refractivity contribution in [3.63, 3.8) is 0 Å². The molecule has 0 saturated carbocycles. The smallest absolute Gasteiger partial charge is 0.129 e. The van der Waals surface area contributed by atoms with Gasteiger partial charge in [-0.3, -0.25) is 0 Å². The van der Waals surface area contributed by atoms with Gasteiger partial charge in [-0.05, 0) is 49.1 Å². The zero-order chi connectivity index (χ0) is 15.2. The molecule has 0 unspecified atom stereocenters. The number of rotatable bonds is 6. The average Bonchev–Trinajstić information content (AvgIpc) is 2.49. The summed E-state index contributed by atoms with van der Waals surface area (Å²) in [5, 5.41) is 6.54. The topological polar surface area (TPSA) is 37.0 Å². The fourth-order valence-electron chi connectivity index (χ4n) is 2.21. The SMILES string of the molecule is CCCNc1cccc(NCc2cc(C)c(F)c(C)c2)n1. The third-order valence-electron chi connectivity index (χ3n) is 3.28. The zero-order valence-corrected chi connectivity index (χ0v) is 12.8. The molecule has 2 N–H and O–H groups in total. The number of halogens is 1. The number of hydrogen-bond donors (Lipinski definition) is 2. The Bertz CT molecular complexity index is 588. The van der Waals surface area contributed by atoms with Crippen LogP contribution in [0.25, 0.3) is 0 Å². The molecule has 1 aromatic carbocycles. The zero-order valence-electron chi connectivity index (χ0n) is 12.8. The lowest BCUT2D eigenvalue weighted by molar-refractivity contribution is 0.608. The summed E-state index contributed by atoms with van der Waals surface area (Å²) in [7, 11) is 0. The Kier molecular flexibility index (Phi) is 5.14. The third-order valence-corrected chi connectivity index (χ3v) is 3.28. The quantitative estimate of drug-likeness (QED) is 0.833. The number of nitrogens with zero attached hydrogens (tertiary/aromatic N) is 1. The van der Waals surface area contributed by atoms with Crippen molar-refractivity contribution >= 4 is 11.6 Å². The second-order valence-electron chi connectivity index (χ2n) is 5.23. The van der Waals surface area contributed by atoms with Crippen LogP contribution in [0.1, 0.15) is 30.0 Å². The van der Waals surface area contributed by atoms with Gasteiger partial charge in [-0.25, -0.2) is 9.37 Å². The molecule has 2 aromatic rings. The van der Waals surface area contributed by atoms with Crippen LogP contribution in [-0.2, 0) is 6.54 Å². The van der Waals surface area contributed by atoms with E-state index in [1.807, 2.05) is 30.3 Å². The van der Waals surface area contributed by atoms with Crippen LogP contribution in [0.2, 0.25) is 0 Å². The fraction of sp³-hybridized carbons (Fsp3) is 0.353. The number of anilines is 2. The minimum atomic E-state index is -0.123. The molecular weight excluding hydrogens is 265 g/mol. The van der Waals surface area contributed by atoms with Gasteiger partial charge in [0.1, 0.15) is 17.5 Å². The number of pyridine rings is 1. The van der Waals surface area contributed by atoms with Gasteiger partial charge in [0.2, 0.25) is 0 Å². The number of aromatic nitrogens is 1. The lowest BCUT2D eigenvalue weighted by atomic mass is 10.1. The standard InChI is InChI=1S/C17H22FN3/c1-4-8-19-15-6-5-7-16(21-15)20-11-14-9-12(2)17(18)13(3)10-14/h5-7,9-10H,4,8,11H2,1-3H3,(H2,19,20,21). The fourth-order valence-corrected chi connectivity index (χ4v) is 2.21. The van der Waals surface area contributed by atoms with E-state index in [0.29, 0.717) is 17.7 Å². The van der Waals surface area contributed by atoms with Gasteiger partial charge in [-0.2, -0.15) is 0 Å². The van der Waals surface area contributed by atoms with E-state index in [9.17, 15) is 4.39 Å². The van der Waals surface area contributed by atoms with E-state index in [-0.39, 0.29) is 5.82 Å². The molecule has 112 valence electrons. The maximum absolute atomic E-state index is 13.6. The second-order valence-corrected chi connectivity index (χ2v) is 5.23. The predicted octanol–water partition coefficient (Wildman–Crippen LogP) is 4.27. The van der Waals surface area contributed by atoms with Gasteiger partial charge >= 0.3 is 0 Å². The highest BCUT2D eigenvalue weighted by Crippen LogP contribution is 2.16. The Labute approximate surface area is 125 Å². The number of hydrogen-bond acceptors (Lipinski definition) is 3. The van der Waals surface area contributed by atoms with Crippen molar-refractivity contribution in [2.24, 2.45) is 0 Å². The Morgan fingerprint density at radius 2 is 1.67 bits per heavy atom. The molecular formula is C17H22FN3. The van der Waals surface area contributed by atoms with Crippen molar-refractivity contribution in [3.05, 3.63) is 52.8 Å². The van der Waals surface area contributed by atoms with Gasteiger partial charge in [0.15, 0.2) is 0 Å². The van der Waals surface area contributed by atoms with Crippen molar-refractivity contribution in [1.82, 2.24) is 4.98 Å². The lowest BCUT2D eigenvalue weighted by Crippen LogP contribution is -2.06. The highest BCUT2D eigenvalue weighted by atomic mass is 19.1. The summed E-state index contributed by atoms with van der Waals surface area (Å²) in [4.78, 5) is 4.49. The molecule has 2 rings (SSSR count). The summed E-state index contributed by atoms with van der Waals surface area (Å²) in [6, 6.07) is 9.59. The largest absolute Gasteiger partial charge is 0.370 e. The van der Waals surface area contributed by atoms with Crippen LogP contribution in [0.15, 0.2) is 30.3 Å². The summed E-state index contributed by atoms with van der Waals surface area (Å²) < 4.78 is 13.6. The molecule has 0 radical (unpaired) electrons. The Hall–Kier alpha value is -2.10. The van der Waals surface area contributed by atoms with Crippen LogP contribution in [0.4, 0.5) is 16.0 Å². The first kappa shape index (κ1) is 15.3. The van der Waals surface area contributed by atoms with Gasteiger partial charge in [0, 0.05) is 13.1 Å². The molecule has 0 amide bonds. The van der Waals surface area contributed by atoms with Crippen LogP contribution in [0, 0.1) is 19.7 Å². The van der Waals surface area contributed by atoms with Gasteiger partial charge < -0.3 is 10.6 Å². The van der Waals surface area contributed by atoms with E-state index in [4.69, 9.17) is 0 Å². The molecule has 21 heavy (non-hydrogen) atoms. The van der Waals surface area contributed by atoms with E-state index >= 15 is 0 Å². The van der Waals surface area contributed by atoms with Crippen molar-refractivity contribution in [1.29, 1.82) is 0 Å². The van der Waals surface area contributed by atoms with E-state index in [1.54, 1.807) is 13.8 Å². The Morgan fingerprint density at radius 1 is 1.05 bits per heavy atom. The summed E-state index contributed by atoms with van der Waals surface area (Å²) >= 11 is 0. The van der Waals surface area contributed by atoms with Gasteiger partial charge in [-0.15, -0.1) is 0 Å². The number of aryl methyl sites for hydroxylation is 2. The predicted molar refractivity (Wildman–Crippen MR) is 86.2 cm³/mol. The first-order chi connectivity index (χ1) is 10.1. The summed E-state index contributed by atoms with van der Waals surface area (Å²) in [5.74, 6) is 1.56. The van der Waals surface area contributed by atoms with Crippen molar-refractivity contribution < 1.29 is 4.39 Å². The number of nitrogens with one attached hydrogen (secondary N) is 2. The first-order valence-electron chi connectivity index (χ1n) is 7.30. The molecule has 1 aromatic heterocycles. The van der Waals surface area contributed by atoms with Gasteiger partial charge in [-0.1, -0.05) is 25.1 Å². The first-order valence-corrected chi connectivity index (χ1v) is 7.30. The number of benzene rings is 1. The maximum Gasteiger partial charge on any atom is 0.129 e. The third kappa shape index (κ3) is 4.18. The molecule has 0 atom stereocenters. The highest BCUT2D eigenvalue weighted by Gasteiger charge is 2.04. The van der Waals surface area contributed by atoms with Crippen molar-refractivity contribution in [3.8, 4) is 0 Å². The highest BCUT2D eigenvalue weighted by molar-refractivity contribution is 5.45. The van der Waals surface area contributed by atoms with Gasteiger partial charge in [0.25, 0.3) is 0 Å².